The van der Waals surface area contributed by atoms with Gasteiger partial charge in [0.1, 0.15) is 11.9 Å². The molecule has 0 saturated heterocycles. The van der Waals surface area contributed by atoms with E-state index in [2.05, 4.69) is 17.4 Å². The molecule has 0 aromatic heterocycles. The van der Waals surface area contributed by atoms with Crippen molar-refractivity contribution in [3.05, 3.63) is 78.4 Å². The van der Waals surface area contributed by atoms with Crippen LogP contribution < -0.4 is 10.1 Å². The van der Waals surface area contributed by atoms with Crippen LogP contribution in [0.5, 0.6) is 5.75 Å². The number of hydrogen-bond donors (Lipinski definition) is 2. The van der Waals surface area contributed by atoms with E-state index < -0.39 is 12.2 Å². The predicted molar refractivity (Wildman–Crippen MR) is 93.7 cm³/mol. The van der Waals surface area contributed by atoms with E-state index in [0.29, 0.717) is 6.54 Å². The normalized spacial score (nSPS) is 13.7. The van der Waals surface area contributed by atoms with Crippen LogP contribution in [0.1, 0.15) is 11.7 Å². The molecule has 23 heavy (non-hydrogen) atoms. The van der Waals surface area contributed by atoms with Gasteiger partial charge in [-0.25, -0.2) is 0 Å². The summed E-state index contributed by atoms with van der Waals surface area (Å²) in [5.74, 6) is 0.784. The standard InChI is InChI=1S/C20H21NO2/c1-21-14-18(22)20(16-9-3-2-4-10-16)23-19-13-7-11-15-8-5-6-12-17(15)19/h2-13,18,20-22H,14H2,1H3. The second-order valence-electron chi connectivity index (χ2n) is 5.55. The van der Waals surface area contributed by atoms with Crippen LogP contribution in [0.3, 0.4) is 0 Å². The Morgan fingerprint density at radius 1 is 0.913 bits per heavy atom. The van der Waals surface area contributed by atoms with Crippen LogP contribution in [0.15, 0.2) is 72.8 Å². The van der Waals surface area contributed by atoms with E-state index in [-0.39, 0.29) is 0 Å². The molecule has 0 heterocycles. The van der Waals surface area contributed by atoms with Crippen LogP contribution in [-0.4, -0.2) is 24.8 Å². The zero-order valence-electron chi connectivity index (χ0n) is 13.1. The molecule has 0 saturated carbocycles. The van der Waals surface area contributed by atoms with Gasteiger partial charge in [0, 0.05) is 11.9 Å². The second kappa shape index (κ2) is 7.27. The largest absolute Gasteiger partial charge is 0.482 e. The van der Waals surface area contributed by atoms with Crippen LogP contribution in [0.25, 0.3) is 10.8 Å². The lowest BCUT2D eigenvalue weighted by Crippen LogP contribution is -2.32. The first-order valence-electron chi connectivity index (χ1n) is 7.81. The van der Waals surface area contributed by atoms with Gasteiger partial charge in [-0.2, -0.15) is 0 Å². The Labute approximate surface area is 136 Å². The van der Waals surface area contributed by atoms with E-state index in [1.54, 1.807) is 0 Å². The van der Waals surface area contributed by atoms with Crippen molar-refractivity contribution in [2.45, 2.75) is 12.2 Å². The highest BCUT2D eigenvalue weighted by Crippen LogP contribution is 2.31. The molecule has 0 amide bonds. The number of rotatable bonds is 6. The number of likely N-dealkylation sites (N-methyl/N-ethyl adjacent to an activating group) is 1. The minimum atomic E-state index is -0.638. The molecule has 0 radical (unpaired) electrons. The Kier molecular flexibility index (Phi) is 4.91. The molecule has 118 valence electrons. The van der Waals surface area contributed by atoms with Crippen LogP contribution in [0.2, 0.25) is 0 Å². The number of hydrogen-bond acceptors (Lipinski definition) is 3. The molecule has 0 aliphatic rings. The Balaban J connectivity index is 1.97. The van der Waals surface area contributed by atoms with Gasteiger partial charge in [-0.3, -0.25) is 0 Å². The minimum absolute atomic E-state index is 0.422. The third kappa shape index (κ3) is 3.52. The predicted octanol–water partition coefficient (Wildman–Crippen LogP) is 3.54. The average Bonchev–Trinajstić information content (AvgIpc) is 2.60. The quantitative estimate of drug-likeness (QED) is 0.732. The molecular weight excluding hydrogens is 286 g/mol. The van der Waals surface area contributed by atoms with E-state index in [4.69, 9.17) is 4.74 Å². The summed E-state index contributed by atoms with van der Waals surface area (Å²) in [5.41, 5.74) is 0.961. The summed E-state index contributed by atoms with van der Waals surface area (Å²) in [7, 11) is 1.82. The zero-order valence-corrected chi connectivity index (χ0v) is 13.1. The van der Waals surface area contributed by atoms with Crippen molar-refractivity contribution < 1.29 is 9.84 Å². The maximum Gasteiger partial charge on any atom is 0.151 e. The fourth-order valence-electron chi connectivity index (χ4n) is 2.76. The van der Waals surface area contributed by atoms with E-state index in [1.165, 1.54) is 0 Å². The third-order valence-electron chi connectivity index (χ3n) is 3.89. The molecule has 2 N–H and O–H groups in total. The third-order valence-corrected chi connectivity index (χ3v) is 3.89. The van der Waals surface area contributed by atoms with Gasteiger partial charge < -0.3 is 15.2 Å². The number of nitrogens with one attached hydrogen (secondary N) is 1. The summed E-state index contributed by atoms with van der Waals surface area (Å²) >= 11 is 0. The fraction of sp³-hybridized carbons (Fsp3) is 0.200. The van der Waals surface area contributed by atoms with Crippen LogP contribution in [0.4, 0.5) is 0 Å². The van der Waals surface area contributed by atoms with Gasteiger partial charge in [-0.05, 0) is 24.1 Å². The number of aliphatic hydroxyl groups is 1. The molecule has 3 aromatic rings. The highest BCUT2D eigenvalue weighted by Gasteiger charge is 2.23. The van der Waals surface area contributed by atoms with Crippen LogP contribution in [-0.2, 0) is 0 Å². The van der Waals surface area contributed by atoms with Gasteiger partial charge in [0.15, 0.2) is 6.10 Å². The average molecular weight is 307 g/mol. The van der Waals surface area contributed by atoms with Crippen molar-refractivity contribution >= 4 is 10.8 Å². The number of aliphatic hydroxyl groups excluding tert-OH is 1. The molecule has 0 fully saturated rings. The fourth-order valence-corrected chi connectivity index (χ4v) is 2.76. The van der Waals surface area contributed by atoms with Gasteiger partial charge >= 0.3 is 0 Å². The van der Waals surface area contributed by atoms with E-state index in [0.717, 1.165) is 22.1 Å². The van der Waals surface area contributed by atoms with E-state index >= 15 is 0 Å². The summed E-state index contributed by atoms with van der Waals surface area (Å²) in [6.07, 6.45) is -1.06. The minimum Gasteiger partial charge on any atom is -0.482 e. The molecule has 0 aliphatic heterocycles. The molecule has 0 bridgehead atoms. The van der Waals surface area contributed by atoms with Crippen molar-refractivity contribution in [3.8, 4) is 5.75 Å². The van der Waals surface area contributed by atoms with Crippen molar-refractivity contribution in [2.24, 2.45) is 0 Å². The molecule has 3 aromatic carbocycles. The van der Waals surface area contributed by atoms with Gasteiger partial charge in [0.2, 0.25) is 0 Å². The summed E-state index contributed by atoms with van der Waals surface area (Å²) in [4.78, 5) is 0. The van der Waals surface area contributed by atoms with Crippen molar-refractivity contribution in [1.82, 2.24) is 5.32 Å². The molecule has 2 unspecified atom stereocenters. The second-order valence-corrected chi connectivity index (χ2v) is 5.55. The van der Waals surface area contributed by atoms with Gasteiger partial charge in [-0.15, -0.1) is 0 Å². The zero-order chi connectivity index (χ0) is 16.1. The lowest BCUT2D eigenvalue weighted by atomic mass is 10.0. The Bertz CT molecular complexity index is 752. The first-order chi connectivity index (χ1) is 11.3. The van der Waals surface area contributed by atoms with Gasteiger partial charge in [-0.1, -0.05) is 66.7 Å². The van der Waals surface area contributed by atoms with Crippen molar-refractivity contribution in [2.75, 3.05) is 13.6 Å². The summed E-state index contributed by atoms with van der Waals surface area (Å²) in [6, 6.07) is 23.9. The number of fused-ring (bicyclic) bond motifs is 1. The molecule has 3 rings (SSSR count). The molecule has 2 atom stereocenters. The lowest BCUT2D eigenvalue weighted by Gasteiger charge is -2.25. The summed E-state index contributed by atoms with van der Waals surface area (Å²) in [5, 5.41) is 15.7. The molecular formula is C20H21NO2. The highest BCUT2D eigenvalue weighted by atomic mass is 16.5. The molecule has 3 heteroatoms. The topological polar surface area (TPSA) is 41.5 Å². The summed E-state index contributed by atoms with van der Waals surface area (Å²) < 4.78 is 6.24. The Morgan fingerprint density at radius 2 is 1.61 bits per heavy atom. The summed E-state index contributed by atoms with van der Waals surface area (Å²) in [6.45, 7) is 0.463. The Morgan fingerprint density at radius 3 is 2.39 bits per heavy atom. The first-order valence-corrected chi connectivity index (χ1v) is 7.81. The maximum absolute atomic E-state index is 10.5. The van der Waals surface area contributed by atoms with Gasteiger partial charge in [0.25, 0.3) is 0 Å². The first kappa shape index (κ1) is 15.5. The van der Waals surface area contributed by atoms with Crippen molar-refractivity contribution in [1.29, 1.82) is 0 Å². The SMILES string of the molecule is CNCC(O)C(Oc1cccc2ccccc12)c1ccccc1. The van der Waals surface area contributed by atoms with Crippen LogP contribution in [0, 0.1) is 0 Å². The lowest BCUT2D eigenvalue weighted by molar-refractivity contribution is 0.0379. The highest BCUT2D eigenvalue weighted by molar-refractivity contribution is 5.88. The van der Waals surface area contributed by atoms with E-state index in [9.17, 15) is 5.11 Å². The number of benzene rings is 3. The Hall–Kier alpha value is -2.36. The van der Waals surface area contributed by atoms with Crippen molar-refractivity contribution in [3.63, 3.8) is 0 Å². The maximum atomic E-state index is 10.5. The number of ether oxygens (including phenoxy) is 1. The van der Waals surface area contributed by atoms with Gasteiger partial charge in [0.05, 0.1) is 0 Å². The van der Waals surface area contributed by atoms with Crippen LogP contribution >= 0.6 is 0 Å². The monoisotopic (exact) mass is 307 g/mol. The smallest absolute Gasteiger partial charge is 0.151 e. The molecule has 3 nitrogen and oxygen atoms in total. The molecule has 0 aliphatic carbocycles. The van der Waals surface area contributed by atoms with E-state index in [1.807, 2.05) is 67.7 Å². The molecule has 0 spiro atoms.